The van der Waals surface area contributed by atoms with Gasteiger partial charge in [-0.25, -0.2) is 4.68 Å². The first-order valence-electron chi connectivity index (χ1n) is 9.42. The second-order valence-corrected chi connectivity index (χ2v) is 8.57. The second-order valence-electron chi connectivity index (χ2n) is 8.57. The van der Waals surface area contributed by atoms with Crippen molar-refractivity contribution in [1.82, 2.24) is 20.0 Å². The maximum atomic E-state index is 4.72. The third-order valence-corrected chi connectivity index (χ3v) is 7.23. The molecule has 2 bridgehead atoms. The van der Waals surface area contributed by atoms with Crippen LogP contribution in [0.2, 0.25) is 0 Å². The lowest BCUT2D eigenvalue weighted by molar-refractivity contribution is 0.226. The molecule has 26 heavy (non-hydrogen) atoms. The fourth-order valence-corrected chi connectivity index (χ4v) is 5.19. The molecule has 132 valence electrons. The van der Waals surface area contributed by atoms with Gasteiger partial charge in [0.15, 0.2) is 0 Å². The van der Waals surface area contributed by atoms with Gasteiger partial charge in [0.2, 0.25) is 0 Å². The topological polar surface area (TPSA) is 43.6 Å². The molecule has 2 aliphatic carbocycles. The Morgan fingerprint density at radius 2 is 1.85 bits per heavy atom. The van der Waals surface area contributed by atoms with E-state index in [2.05, 4.69) is 56.1 Å². The molecule has 5 rings (SSSR count). The highest BCUT2D eigenvalue weighted by Gasteiger charge is 2.60. The molecule has 2 atom stereocenters. The molecule has 2 aliphatic rings. The lowest BCUT2D eigenvalue weighted by atomic mass is 9.70. The van der Waals surface area contributed by atoms with Gasteiger partial charge >= 0.3 is 0 Å². The lowest BCUT2D eigenvalue weighted by Crippen LogP contribution is -2.32. The largest absolute Gasteiger partial charge is 0.237 e. The van der Waals surface area contributed by atoms with Crippen LogP contribution in [0, 0.1) is 12.3 Å². The first-order valence-corrected chi connectivity index (χ1v) is 9.42. The molecule has 2 aromatic heterocycles. The zero-order valence-corrected chi connectivity index (χ0v) is 15.8. The second kappa shape index (κ2) is 5.03. The molecule has 0 aliphatic heterocycles. The van der Waals surface area contributed by atoms with Crippen LogP contribution in [0.25, 0.3) is 16.9 Å². The Balaban J connectivity index is 1.61. The molecule has 2 heterocycles. The Kier molecular flexibility index (Phi) is 3.04. The summed E-state index contributed by atoms with van der Waals surface area (Å²) in [6.07, 6.45) is 4.39. The number of aromatic nitrogens is 4. The van der Waals surface area contributed by atoms with E-state index in [0.29, 0.717) is 5.92 Å². The van der Waals surface area contributed by atoms with Crippen molar-refractivity contribution >= 4 is 0 Å². The van der Waals surface area contributed by atoms with Crippen molar-refractivity contribution < 1.29 is 0 Å². The molecular weight excluding hydrogens is 320 g/mol. The quantitative estimate of drug-likeness (QED) is 0.670. The zero-order valence-electron chi connectivity index (χ0n) is 15.8. The van der Waals surface area contributed by atoms with E-state index in [-0.39, 0.29) is 10.8 Å². The van der Waals surface area contributed by atoms with Crippen LogP contribution >= 0.6 is 0 Å². The SMILES string of the molecule is Cc1c(-c2cc3c(nn2)[C@]2(C)CC[C@H]3C2(C)C)cnn1-c1ccccc1. The van der Waals surface area contributed by atoms with E-state index < -0.39 is 0 Å². The van der Waals surface area contributed by atoms with Gasteiger partial charge in [-0.1, -0.05) is 39.0 Å². The number of benzene rings is 1. The van der Waals surface area contributed by atoms with E-state index in [0.717, 1.165) is 22.6 Å². The highest BCUT2D eigenvalue weighted by Crippen LogP contribution is 2.67. The van der Waals surface area contributed by atoms with Crippen LogP contribution in [0.4, 0.5) is 0 Å². The number of rotatable bonds is 2. The van der Waals surface area contributed by atoms with Crippen LogP contribution in [0.3, 0.4) is 0 Å². The van der Waals surface area contributed by atoms with E-state index in [1.807, 2.05) is 29.1 Å². The number of nitrogens with zero attached hydrogens (tertiary/aromatic N) is 4. The van der Waals surface area contributed by atoms with Crippen LogP contribution in [0.5, 0.6) is 0 Å². The Morgan fingerprint density at radius 1 is 1.08 bits per heavy atom. The number of fused-ring (bicyclic) bond motifs is 5. The summed E-state index contributed by atoms with van der Waals surface area (Å²) in [5, 5.41) is 13.9. The lowest BCUT2D eigenvalue weighted by Gasteiger charge is -2.33. The first kappa shape index (κ1) is 15.7. The average molecular weight is 344 g/mol. The smallest absolute Gasteiger partial charge is 0.0967 e. The van der Waals surface area contributed by atoms with Gasteiger partial charge in [-0.15, -0.1) is 0 Å². The molecule has 3 aromatic rings. The van der Waals surface area contributed by atoms with Crippen molar-refractivity contribution in [2.24, 2.45) is 5.41 Å². The third-order valence-electron chi connectivity index (χ3n) is 7.23. The van der Waals surface area contributed by atoms with E-state index in [9.17, 15) is 0 Å². The van der Waals surface area contributed by atoms with Crippen molar-refractivity contribution in [3.8, 4) is 16.9 Å². The zero-order chi connectivity index (χ0) is 18.1. The summed E-state index contributed by atoms with van der Waals surface area (Å²) in [6.45, 7) is 9.25. The van der Waals surface area contributed by atoms with Crippen LogP contribution < -0.4 is 0 Å². The molecule has 0 spiro atoms. The normalized spacial score (nSPS) is 25.5. The standard InChI is InChI=1S/C22H24N4/c1-14-17(13-23-26(14)15-8-6-5-7-9-15)19-12-16-18-10-11-22(4,21(18,2)3)20(16)25-24-19/h5-9,12-13,18H,10-11H2,1-4H3/t18-,22+/m1/s1. The van der Waals surface area contributed by atoms with Crippen LogP contribution in [0.15, 0.2) is 42.6 Å². The molecule has 0 saturated heterocycles. The Bertz CT molecular complexity index is 1000. The van der Waals surface area contributed by atoms with Gasteiger partial charge in [0.25, 0.3) is 0 Å². The maximum absolute atomic E-state index is 4.72. The monoisotopic (exact) mass is 344 g/mol. The van der Waals surface area contributed by atoms with Gasteiger partial charge in [0.1, 0.15) is 0 Å². The summed E-state index contributed by atoms with van der Waals surface area (Å²) < 4.78 is 1.97. The predicted molar refractivity (Wildman–Crippen MR) is 102 cm³/mol. The minimum atomic E-state index is 0.155. The van der Waals surface area contributed by atoms with Crippen LogP contribution in [-0.4, -0.2) is 20.0 Å². The van der Waals surface area contributed by atoms with Gasteiger partial charge < -0.3 is 0 Å². The predicted octanol–water partition coefficient (Wildman–Crippen LogP) is 4.81. The number of hydrogen-bond donors (Lipinski definition) is 0. The van der Waals surface area contributed by atoms with Gasteiger partial charge in [-0.05, 0) is 54.9 Å². The summed E-state index contributed by atoms with van der Waals surface area (Å²) in [7, 11) is 0. The Morgan fingerprint density at radius 3 is 2.62 bits per heavy atom. The number of para-hydroxylation sites is 1. The third kappa shape index (κ3) is 1.82. The van der Waals surface area contributed by atoms with Crippen LogP contribution in [0.1, 0.15) is 56.5 Å². The highest BCUT2D eigenvalue weighted by molar-refractivity contribution is 5.64. The summed E-state index contributed by atoms with van der Waals surface area (Å²) in [6, 6.07) is 12.5. The van der Waals surface area contributed by atoms with Gasteiger partial charge in [-0.3, -0.25) is 0 Å². The van der Waals surface area contributed by atoms with E-state index in [4.69, 9.17) is 5.10 Å². The average Bonchev–Trinajstić information content (AvgIpc) is 3.19. The van der Waals surface area contributed by atoms with E-state index in [1.54, 1.807) is 0 Å². The Labute approximate surface area is 154 Å². The first-order chi connectivity index (χ1) is 12.4. The molecule has 0 amide bonds. The minimum absolute atomic E-state index is 0.155. The van der Waals surface area contributed by atoms with E-state index >= 15 is 0 Å². The molecule has 0 radical (unpaired) electrons. The molecular formula is C22H24N4. The van der Waals surface area contributed by atoms with Crippen molar-refractivity contribution in [2.45, 2.75) is 51.9 Å². The van der Waals surface area contributed by atoms with Crippen LogP contribution in [-0.2, 0) is 5.41 Å². The summed E-state index contributed by atoms with van der Waals surface area (Å²) in [4.78, 5) is 0. The minimum Gasteiger partial charge on any atom is -0.237 e. The van der Waals surface area contributed by atoms with Gasteiger partial charge in [0.05, 0.1) is 29.0 Å². The molecule has 0 unspecified atom stereocenters. The molecule has 4 nitrogen and oxygen atoms in total. The van der Waals surface area contributed by atoms with Crippen molar-refractivity contribution in [2.75, 3.05) is 0 Å². The van der Waals surface area contributed by atoms with Gasteiger partial charge in [-0.2, -0.15) is 15.3 Å². The Hall–Kier alpha value is -2.49. The molecule has 1 aromatic carbocycles. The molecule has 1 saturated carbocycles. The summed E-state index contributed by atoms with van der Waals surface area (Å²) >= 11 is 0. The maximum Gasteiger partial charge on any atom is 0.0967 e. The fraction of sp³-hybridized carbons (Fsp3) is 0.409. The van der Waals surface area contributed by atoms with Crippen molar-refractivity contribution in [3.05, 3.63) is 59.5 Å². The summed E-state index contributed by atoms with van der Waals surface area (Å²) in [5.74, 6) is 0.584. The summed E-state index contributed by atoms with van der Waals surface area (Å²) in [5.41, 5.74) is 7.20. The van der Waals surface area contributed by atoms with Crippen molar-refractivity contribution in [3.63, 3.8) is 0 Å². The van der Waals surface area contributed by atoms with E-state index in [1.165, 1.54) is 24.1 Å². The molecule has 4 heteroatoms. The number of hydrogen-bond acceptors (Lipinski definition) is 3. The van der Waals surface area contributed by atoms with Gasteiger partial charge in [0, 0.05) is 11.0 Å². The fourth-order valence-electron chi connectivity index (χ4n) is 5.19. The highest BCUT2D eigenvalue weighted by atomic mass is 15.3. The van der Waals surface area contributed by atoms with Crippen molar-refractivity contribution in [1.29, 1.82) is 0 Å². The molecule has 0 N–H and O–H groups in total. The molecule has 1 fully saturated rings.